The van der Waals surface area contributed by atoms with E-state index >= 15 is 0 Å². The molecule has 3 rings (SSSR count). The largest absolute Gasteiger partial charge is 0.299 e. The lowest BCUT2D eigenvalue weighted by atomic mass is 10.0. The zero-order valence-electron chi connectivity index (χ0n) is 10.2. The number of carbonyl (C=O) groups is 1. The molecule has 96 valence electrons. The third-order valence-electron chi connectivity index (χ3n) is 3.42. The van der Waals surface area contributed by atoms with Crippen molar-refractivity contribution in [1.29, 1.82) is 0 Å². The molecule has 1 heterocycles. The third-order valence-corrected chi connectivity index (χ3v) is 3.42. The maximum absolute atomic E-state index is 11.8. The molecule has 0 bridgehead atoms. The number of rotatable bonds is 4. The van der Waals surface area contributed by atoms with Crippen LogP contribution in [0.4, 0.5) is 5.69 Å². The topological polar surface area (TPSA) is 73.1 Å². The number of fused-ring (bicyclic) bond motifs is 1. The molecule has 1 aromatic heterocycles. The first-order valence-electron chi connectivity index (χ1n) is 6.20. The van der Waals surface area contributed by atoms with Crippen LogP contribution in [0.5, 0.6) is 0 Å². The van der Waals surface area contributed by atoms with Crippen molar-refractivity contribution in [3.05, 3.63) is 46.1 Å². The Balaban J connectivity index is 2.09. The third kappa shape index (κ3) is 2.19. The van der Waals surface area contributed by atoms with Gasteiger partial charge in [0, 0.05) is 24.1 Å². The fraction of sp³-hybridized carbons (Fsp3) is 0.286. The molecule has 5 nitrogen and oxygen atoms in total. The molecule has 0 spiro atoms. The Kier molecular flexibility index (Phi) is 2.74. The average molecular weight is 256 g/mol. The number of hydrogen-bond donors (Lipinski definition) is 0. The Morgan fingerprint density at radius 1 is 1.37 bits per heavy atom. The van der Waals surface area contributed by atoms with E-state index in [1.165, 1.54) is 0 Å². The Morgan fingerprint density at radius 2 is 2.16 bits per heavy atom. The number of ketones is 1. The van der Waals surface area contributed by atoms with E-state index in [0.29, 0.717) is 16.5 Å². The molecule has 1 saturated carbocycles. The van der Waals surface area contributed by atoms with Crippen molar-refractivity contribution in [3.8, 4) is 0 Å². The normalized spacial score (nSPS) is 14.5. The monoisotopic (exact) mass is 256 g/mol. The highest BCUT2D eigenvalue weighted by Crippen LogP contribution is 2.34. The Bertz CT molecular complexity index is 677. The maximum atomic E-state index is 11.8. The van der Waals surface area contributed by atoms with Gasteiger partial charge in [0.05, 0.1) is 15.8 Å². The summed E-state index contributed by atoms with van der Waals surface area (Å²) >= 11 is 0. The van der Waals surface area contributed by atoms with Crippen LogP contribution in [0, 0.1) is 16.0 Å². The first-order valence-corrected chi connectivity index (χ1v) is 6.20. The van der Waals surface area contributed by atoms with Gasteiger partial charge in [0.1, 0.15) is 5.78 Å². The minimum atomic E-state index is -0.417. The maximum Gasteiger partial charge on any atom is 0.282 e. The predicted octanol–water partition coefficient (Wildman–Crippen LogP) is 2.66. The number of aromatic nitrogens is 1. The summed E-state index contributed by atoms with van der Waals surface area (Å²) in [4.78, 5) is 26.8. The number of Topliss-reactive ketones (excluding diaryl/α,β-unsaturated/α-hetero) is 1. The van der Waals surface area contributed by atoms with Crippen LogP contribution >= 0.6 is 0 Å². The van der Waals surface area contributed by atoms with E-state index in [1.54, 1.807) is 30.5 Å². The summed E-state index contributed by atoms with van der Waals surface area (Å²) in [5.74, 6) is 0.218. The first-order chi connectivity index (χ1) is 9.16. The number of hydrogen-bond acceptors (Lipinski definition) is 4. The van der Waals surface area contributed by atoms with Crippen LogP contribution in [0.1, 0.15) is 18.4 Å². The standard InChI is InChI=1S/C14H12N2O3/c17-13(9-3-4-9)8-10-5-6-12-11(2-1-7-15-12)14(10)16(18)19/h1-2,5-7,9H,3-4,8H2. The van der Waals surface area contributed by atoms with Gasteiger partial charge in [-0.15, -0.1) is 0 Å². The van der Waals surface area contributed by atoms with Gasteiger partial charge in [0.25, 0.3) is 5.69 Å². The van der Waals surface area contributed by atoms with Crippen LogP contribution in [-0.2, 0) is 11.2 Å². The molecule has 0 N–H and O–H groups in total. The van der Waals surface area contributed by atoms with Crippen molar-refractivity contribution in [3.63, 3.8) is 0 Å². The van der Waals surface area contributed by atoms with Gasteiger partial charge in [-0.05, 0) is 37.1 Å². The van der Waals surface area contributed by atoms with E-state index in [-0.39, 0.29) is 23.8 Å². The average Bonchev–Trinajstić information content (AvgIpc) is 3.22. The lowest BCUT2D eigenvalue weighted by Crippen LogP contribution is -2.07. The van der Waals surface area contributed by atoms with Crippen molar-refractivity contribution >= 4 is 22.4 Å². The molecule has 2 aromatic rings. The molecule has 1 aromatic carbocycles. The SMILES string of the molecule is O=C(Cc1ccc2ncccc2c1[N+](=O)[O-])C1CC1. The van der Waals surface area contributed by atoms with Gasteiger partial charge >= 0.3 is 0 Å². The molecule has 0 radical (unpaired) electrons. The molecule has 1 aliphatic rings. The minimum absolute atomic E-state index is 0.0135. The second kappa shape index (κ2) is 4.42. The quantitative estimate of drug-likeness (QED) is 0.622. The molecule has 1 aliphatic carbocycles. The van der Waals surface area contributed by atoms with Crippen LogP contribution in [0.2, 0.25) is 0 Å². The van der Waals surface area contributed by atoms with E-state index in [2.05, 4.69) is 4.98 Å². The van der Waals surface area contributed by atoms with Gasteiger partial charge in [0.15, 0.2) is 0 Å². The highest BCUT2D eigenvalue weighted by Gasteiger charge is 2.31. The summed E-state index contributed by atoms with van der Waals surface area (Å²) in [6.07, 6.45) is 3.58. The fourth-order valence-corrected chi connectivity index (χ4v) is 2.28. The summed E-state index contributed by atoms with van der Waals surface area (Å²) in [7, 11) is 0. The van der Waals surface area contributed by atoms with Crippen molar-refractivity contribution in [2.24, 2.45) is 5.92 Å². The van der Waals surface area contributed by atoms with E-state index in [4.69, 9.17) is 0 Å². The summed E-state index contributed by atoms with van der Waals surface area (Å²) in [6.45, 7) is 0. The van der Waals surface area contributed by atoms with E-state index in [0.717, 1.165) is 12.8 Å². The predicted molar refractivity (Wildman–Crippen MR) is 69.8 cm³/mol. The summed E-state index contributed by atoms with van der Waals surface area (Å²) in [5, 5.41) is 11.8. The lowest BCUT2D eigenvalue weighted by molar-refractivity contribution is -0.383. The van der Waals surface area contributed by atoms with Crippen LogP contribution < -0.4 is 0 Å². The van der Waals surface area contributed by atoms with E-state index in [1.807, 2.05) is 0 Å². The number of pyridine rings is 1. The van der Waals surface area contributed by atoms with Gasteiger partial charge in [-0.2, -0.15) is 0 Å². The molecule has 19 heavy (non-hydrogen) atoms. The van der Waals surface area contributed by atoms with E-state index < -0.39 is 4.92 Å². The number of benzene rings is 1. The molecule has 1 fully saturated rings. The van der Waals surface area contributed by atoms with Crippen molar-refractivity contribution < 1.29 is 9.72 Å². The number of nitro groups is 1. The summed E-state index contributed by atoms with van der Waals surface area (Å²) < 4.78 is 0. The molecular formula is C14H12N2O3. The highest BCUT2D eigenvalue weighted by atomic mass is 16.6. The smallest absolute Gasteiger partial charge is 0.282 e. The second-order valence-corrected chi connectivity index (χ2v) is 4.82. The van der Waals surface area contributed by atoms with Crippen LogP contribution in [0.15, 0.2) is 30.5 Å². The fourth-order valence-electron chi connectivity index (χ4n) is 2.28. The number of nitro benzene ring substituents is 1. The molecule has 0 aliphatic heterocycles. The lowest BCUT2D eigenvalue weighted by Gasteiger charge is -2.05. The zero-order valence-corrected chi connectivity index (χ0v) is 10.2. The Labute approximate surface area is 109 Å². The van der Waals surface area contributed by atoms with Crippen molar-refractivity contribution in [2.45, 2.75) is 19.3 Å². The first kappa shape index (κ1) is 11.8. The molecule has 0 amide bonds. The van der Waals surface area contributed by atoms with Gasteiger partial charge in [-0.1, -0.05) is 0 Å². The highest BCUT2D eigenvalue weighted by molar-refractivity contribution is 5.93. The molecule has 0 saturated heterocycles. The van der Waals surface area contributed by atoms with Gasteiger partial charge < -0.3 is 0 Å². The van der Waals surface area contributed by atoms with Crippen molar-refractivity contribution in [2.75, 3.05) is 0 Å². The van der Waals surface area contributed by atoms with Crippen molar-refractivity contribution in [1.82, 2.24) is 4.98 Å². The molecule has 0 atom stereocenters. The second-order valence-electron chi connectivity index (χ2n) is 4.82. The van der Waals surface area contributed by atoms with Crippen LogP contribution in [-0.4, -0.2) is 15.7 Å². The Morgan fingerprint density at radius 3 is 2.84 bits per heavy atom. The summed E-state index contributed by atoms with van der Waals surface area (Å²) in [6, 6.07) is 6.72. The zero-order chi connectivity index (χ0) is 13.4. The molecule has 5 heteroatoms. The van der Waals surface area contributed by atoms with E-state index in [9.17, 15) is 14.9 Å². The van der Waals surface area contributed by atoms with Gasteiger partial charge in [0.2, 0.25) is 0 Å². The van der Waals surface area contributed by atoms with Crippen LogP contribution in [0.25, 0.3) is 10.9 Å². The number of nitrogens with zero attached hydrogens (tertiary/aromatic N) is 2. The summed E-state index contributed by atoms with van der Waals surface area (Å²) in [5.41, 5.74) is 1.08. The van der Waals surface area contributed by atoms with Crippen LogP contribution in [0.3, 0.4) is 0 Å². The number of carbonyl (C=O) groups excluding carboxylic acids is 1. The molecular weight excluding hydrogens is 244 g/mol. The molecule has 0 unspecified atom stereocenters. The van der Waals surface area contributed by atoms with Gasteiger partial charge in [-0.25, -0.2) is 0 Å². The minimum Gasteiger partial charge on any atom is -0.299 e. The Hall–Kier alpha value is -2.30. The van der Waals surface area contributed by atoms with Gasteiger partial charge in [-0.3, -0.25) is 19.9 Å².